The van der Waals surface area contributed by atoms with Crippen LogP contribution in [0.4, 0.5) is 0 Å². The molecule has 0 amide bonds. The van der Waals surface area contributed by atoms with Crippen molar-refractivity contribution in [2.75, 3.05) is 13.1 Å². The fraction of sp³-hybridized carbons (Fsp3) is 0.467. The molecule has 1 aromatic carbocycles. The second kappa shape index (κ2) is 5.77. The van der Waals surface area contributed by atoms with E-state index in [1.807, 2.05) is 25.3 Å². The van der Waals surface area contributed by atoms with Crippen molar-refractivity contribution < 1.29 is 4.42 Å². The van der Waals surface area contributed by atoms with E-state index < -0.39 is 0 Å². The van der Waals surface area contributed by atoms with Gasteiger partial charge in [-0.25, -0.2) is 0 Å². The van der Waals surface area contributed by atoms with E-state index in [-0.39, 0.29) is 0 Å². The van der Waals surface area contributed by atoms with E-state index in [1.165, 1.54) is 5.56 Å². The van der Waals surface area contributed by atoms with Gasteiger partial charge < -0.3 is 9.73 Å². The van der Waals surface area contributed by atoms with Gasteiger partial charge in [0.05, 0.1) is 6.26 Å². The number of fused-ring (bicyclic) bond motifs is 1. The molecule has 1 aromatic heterocycles. The topological polar surface area (TPSA) is 25.2 Å². The van der Waals surface area contributed by atoms with Crippen LogP contribution in [0.5, 0.6) is 0 Å². The highest BCUT2D eigenvalue weighted by molar-refractivity contribution is 6.31. The summed E-state index contributed by atoms with van der Waals surface area (Å²) in [6.45, 7) is 8.47. The van der Waals surface area contributed by atoms with E-state index in [0.29, 0.717) is 5.92 Å². The quantitative estimate of drug-likeness (QED) is 0.821. The zero-order valence-corrected chi connectivity index (χ0v) is 12.0. The summed E-state index contributed by atoms with van der Waals surface area (Å²) >= 11 is 6.10. The Hall–Kier alpha value is -0.990. The Kier molecular flexibility index (Phi) is 4.31. The molecule has 2 aromatic rings. The van der Waals surface area contributed by atoms with Crippen LogP contribution in [-0.2, 0) is 6.42 Å². The lowest BCUT2D eigenvalue weighted by Crippen LogP contribution is -2.21. The molecule has 0 saturated heterocycles. The maximum atomic E-state index is 6.10. The standard InChI is InChI=1S/C15H20ClNO/c1-10(2)8-17-5-4-12-9-18-15-11(3)6-13(16)7-14(12)15/h6-7,9-10,17H,4-5,8H2,1-3H3. The Balaban J connectivity index is 2.09. The third-order valence-corrected chi connectivity index (χ3v) is 3.25. The minimum Gasteiger partial charge on any atom is -0.464 e. The van der Waals surface area contributed by atoms with Gasteiger partial charge >= 0.3 is 0 Å². The van der Waals surface area contributed by atoms with Crippen molar-refractivity contribution in [3.63, 3.8) is 0 Å². The Morgan fingerprint density at radius 2 is 2.11 bits per heavy atom. The molecule has 0 aliphatic carbocycles. The summed E-state index contributed by atoms with van der Waals surface area (Å²) in [5.41, 5.74) is 3.28. The molecule has 18 heavy (non-hydrogen) atoms. The molecule has 1 heterocycles. The van der Waals surface area contributed by atoms with E-state index in [9.17, 15) is 0 Å². The molecule has 0 atom stereocenters. The number of hydrogen-bond acceptors (Lipinski definition) is 2. The number of furan rings is 1. The molecular formula is C15H20ClNO. The summed E-state index contributed by atoms with van der Waals surface area (Å²) in [5.74, 6) is 0.683. The van der Waals surface area contributed by atoms with Gasteiger partial charge in [0.2, 0.25) is 0 Å². The average Bonchev–Trinajstić information content (AvgIpc) is 2.67. The highest BCUT2D eigenvalue weighted by Crippen LogP contribution is 2.28. The van der Waals surface area contributed by atoms with Gasteiger partial charge in [0.15, 0.2) is 0 Å². The van der Waals surface area contributed by atoms with E-state index >= 15 is 0 Å². The minimum atomic E-state index is 0.683. The molecule has 98 valence electrons. The largest absolute Gasteiger partial charge is 0.464 e. The lowest BCUT2D eigenvalue weighted by molar-refractivity contribution is 0.552. The molecule has 0 radical (unpaired) electrons. The van der Waals surface area contributed by atoms with Gasteiger partial charge in [0.25, 0.3) is 0 Å². The van der Waals surface area contributed by atoms with Crippen molar-refractivity contribution >= 4 is 22.6 Å². The molecule has 0 fully saturated rings. The summed E-state index contributed by atoms with van der Waals surface area (Å²) in [4.78, 5) is 0. The van der Waals surface area contributed by atoms with Crippen molar-refractivity contribution in [1.82, 2.24) is 5.32 Å². The van der Waals surface area contributed by atoms with Gasteiger partial charge in [-0.05, 0) is 55.6 Å². The van der Waals surface area contributed by atoms with E-state index in [4.69, 9.17) is 16.0 Å². The molecule has 0 aliphatic rings. The minimum absolute atomic E-state index is 0.683. The smallest absolute Gasteiger partial charge is 0.137 e. The zero-order valence-electron chi connectivity index (χ0n) is 11.2. The number of rotatable bonds is 5. The maximum absolute atomic E-state index is 6.10. The molecule has 0 bridgehead atoms. The number of hydrogen-bond donors (Lipinski definition) is 1. The van der Waals surface area contributed by atoms with Gasteiger partial charge in [-0.1, -0.05) is 25.4 Å². The number of halogens is 1. The predicted molar refractivity (Wildman–Crippen MR) is 77.4 cm³/mol. The highest BCUT2D eigenvalue weighted by atomic mass is 35.5. The van der Waals surface area contributed by atoms with Crippen molar-refractivity contribution in [2.45, 2.75) is 27.2 Å². The predicted octanol–water partition coefficient (Wildman–Crippen LogP) is 4.18. The molecule has 0 unspecified atom stereocenters. The first kappa shape index (κ1) is 13.4. The second-order valence-electron chi connectivity index (χ2n) is 5.21. The summed E-state index contributed by atoms with van der Waals surface area (Å²) < 4.78 is 5.63. The van der Waals surface area contributed by atoms with E-state index in [1.54, 1.807) is 0 Å². The summed E-state index contributed by atoms with van der Waals surface area (Å²) in [5, 5.41) is 5.36. The third kappa shape index (κ3) is 3.06. The van der Waals surface area contributed by atoms with Crippen LogP contribution in [0, 0.1) is 12.8 Å². The summed E-state index contributed by atoms with van der Waals surface area (Å²) in [7, 11) is 0. The molecule has 1 N–H and O–H groups in total. The van der Waals surface area contributed by atoms with Crippen LogP contribution in [0.15, 0.2) is 22.8 Å². The summed E-state index contributed by atoms with van der Waals surface area (Å²) in [6, 6.07) is 3.93. The normalized spacial score (nSPS) is 11.6. The Morgan fingerprint density at radius 1 is 1.33 bits per heavy atom. The zero-order chi connectivity index (χ0) is 13.1. The lowest BCUT2D eigenvalue weighted by Gasteiger charge is -2.06. The SMILES string of the molecule is Cc1cc(Cl)cc2c(CCNCC(C)C)coc12. The van der Waals surface area contributed by atoms with Gasteiger partial charge in [0, 0.05) is 10.4 Å². The number of aryl methyl sites for hydroxylation is 1. The van der Waals surface area contributed by atoms with Crippen molar-refractivity contribution in [1.29, 1.82) is 0 Å². The Labute approximate surface area is 113 Å². The first-order chi connectivity index (χ1) is 8.58. The Bertz CT molecular complexity index is 531. The van der Waals surface area contributed by atoms with Crippen LogP contribution >= 0.6 is 11.6 Å². The van der Waals surface area contributed by atoms with Crippen LogP contribution < -0.4 is 5.32 Å². The highest BCUT2D eigenvalue weighted by Gasteiger charge is 2.09. The van der Waals surface area contributed by atoms with Crippen molar-refractivity contribution in [2.24, 2.45) is 5.92 Å². The first-order valence-corrected chi connectivity index (χ1v) is 6.82. The van der Waals surface area contributed by atoms with E-state index in [2.05, 4.69) is 19.2 Å². The Morgan fingerprint density at radius 3 is 2.83 bits per heavy atom. The molecule has 0 spiro atoms. The van der Waals surface area contributed by atoms with Gasteiger partial charge in [0.1, 0.15) is 5.58 Å². The van der Waals surface area contributed by atoms with Crippen molar-refractivity contribution in [3.05, 3.63) is 34.5 Å². The van der Waals surface area contributed by atoms with Gasteiger partial charge in [-0.2, -0.15) is 0 Å². The van der Waals surface area contributed by atoms with E-state index in [0.717, 1.165) is 41.1 Å². The molecule has 2 nitrogen and oxygen atoms in total. The maximum Gasteiger partial charge on any atom is 0.137 e. The lowest BCUT2D eigenvalue weighted by atomic mass is 10.1. The van der Waals surface area contributed by atoms with Crippen molar-refractivity contribution in [3.8, 4) is 0 Å². The molecule has 0 saturated carbocycles. The monoisotopic (exact) mass is 265 g/mol. The number of benzene rings is 1. The molecule has 0 aliphatic heterocycles. The van der Waals surface area contributed by atoms with Crippen LogP contribution in [-0.4, -0.2) is 13.1 Å². The van der Waals surface area contributed by atoms with Gasteiger partial charge in [-0.3, -0.25) is 0 Å². The fourth-order valence-corrected chi connectivity index (χ4v) is 2.40. The second-order valence-corrected chi connectivity index (χ2v) is 5.64. The van der Waals surface area contributed by atoms with Crippen LogP contribution in [0.2, 0.25) is 5.02 Å². The molecular weight excluding hydrogens is 246 g/mol. The van der Waals surface area contributed by atoms with Crippen LogP contribution in [0.3, 0.4) is 0 Å². The molecule has 3 heteroatoms. The third-order valence-electron chi connectivity index (χ3n) is 3.03. The van der Waals surface area contributed by atoms with Gasteiger partial charge in [-0.15, -0.1) is 0 Å². The first-order valence-electron chi connectivity index (χ1n) is 6.45. The average molecular weight is 266 g/mol. The van der Waals surface area contributed by atoms with Crippen LogP contribution in [0.1, 0.15) is 25.0 Å². The number of nitrogens with one attached hydrogen (secondary N) is 1. The molecule has 2 rings (SSSR count). The summed E-state index contributed by atoms with van der Waals surface area (Å²) in [6.07, 6.45) is 2.82. The van der Waals surface area contributed by atoms with Crippen LogP contribution in [0.25, 0.3) is 11.0 Å². The fourth-order valence-electron chi connectivity index (χ4n) is 2.13.